The van der Waals surface area contributed by atoms with Crippen molar-refractivity contribution in [3.05, 3.63) is 0 Å². The predicted molar refractivity (Wildman–Crippen MR) is 404 cm³/mol. The Labute approximate surface area is 602 Å². The molecule has 0 spiro atoms. The molecular weight excluding hydrogens is 1230 g/mol. The van der Waals surface area contributed by atoms with Gasteiger partial charge in [-0.1, -0.05) is 214 Å². The summed E-state index contributed by atoms with van der Waals surface area (Å²) in [5.74, 6) is 10.8. The molecule has 14 nitrogen and oxygen atoms in total. The van der Waals surface area contributed by atoms with Crippen molar-refractivity contribution in [2.75, 3.05) is 32.9 Å². The Bertz CT molecular complexity index is 2060. The maximum Gasteiger partial charge on any atom is 0.308 e. The van der Waals surface area contributed by atoms with Gasteiger partial charge in [-0.25, -0.2) is 0 Å². The Hall–Kier alpha value is -3.26. The molecule has 6 aliphatic rings. The number of hydrogen-bond donors (Lipinski definition) is 2. The molecule has 0 amide bonds. The third kappa shape index (κ3) is 40.0. The molecule has 4 bridgehead atoms. The van der Waals surface area contributed by atoms with Crippen LogP contribution in [0.1, 0.15) is 349 Å². The number of ether oxygens (including phenoxy) is 6. The third-order valence-corrected chi connectivity index (χ3v) is 22.2. The second-order valence-electron chi connectivity index (χ2n) is 32.6. The predicted octanol–water partition coefficient (Wildman–Crippen LogP) is 20.8. The van der Waals surface area contributed by atoms with Crippen LogP contribution in [0.2, 0.25) is 0 Å². The summed E-state index contributed by atoms with van der Waals surface area (Å²) in [4.78, 5) is 67.4. The van der Waals surface area contributed by atoms with Gasteiger partial charge in [-0.2, -0.15) is 0 Å². The van der Waals surface area contributed by atoms with Gasteiger partial charge in [-0.3, -0.25) is 28.8 Å². The van der Waals surface area contributed by atoms with Gasteiger partial charge in [-0.15, -0.1) is 0 Å². The monoisotopic (exact) mass is 1390 g/mol. The number of rotatable bonds is 42. The minimum atomic E-state index is -0.0897. The number of fused-ring (bicyclic) bond motifs is 10. The Morgan fingerprint density at radius 3 is 1.23 bits per heavy atom. The third-order valence-electron chi connectivity index (χ3n) is 22.2. The molecule has 0 radical (unpaired) electrons. The fourth-order valence-electron chi connectivity index (χ4n) is 16.7. The van der Waals surface area contributed by atoms with E-state index in [0.717, 1.165) is 130 Å². The maximum absolute atomic E-state index is 11.6. The molecule has 6 fully saturated rings. The minimum Gasteiger partial charge on any atom is -0.466 e. The molecule has 576 valence electrons. The molecule has 16 unspecified atom stereocenters. The lowest BCUT2D eigenvalue weighted by Crippen LogP contribution is -2.33. The highest BCUT2D eigenvalue weighted by molar-refractivity contribution is 5.72. The number of hydrogen-bond acceptors (Lipinski definition) is 14. The molecule has 0 aromatic rings. The first-order valence-electron chi connectivity index (χ1n) is 41.2. The summed E-state index contributed by atoms with van der Waals surface area (Å²) in [7, 11) is 0. The summed E-state index contributed by atoms with van der Waals surface area (Å²) >= 11 is 0. The van der Waals surface area contributed by atoms with Crippen LogP contribution in [0.5, 0.6) is 0 Å². The van der Waals surface area contributed by atoms with Crippen LogP contribution in [0.4, 0.5) is 0 Å². The molecule has 6 saturated carbocycles. The van der Waals surface area contributed by atoms with Crippen molar-refractivity contribution in [3.8, 4) is 0 Å². The Kier molecular flexibility index (Phi) is 52.3. The summed E-state index contributed by atoms with van der Waals surface area (Å²) in [6, 6.07) is 0. The van der Waals surface area contributed by atoms with Crippen molar-refractivity contribution in [1.82, 2.24) is 0 Å². The summed E-state index contributed by atoms with van der Waals surface area (Å²) < 4.78 is 32.0. The second-order valence-corrected chi connectivity index (χ2v) is 32.6. The van der Waals surface area contributed by atoms with Crippen LogP contribution < -0.4 is 11.5 Å². The van der Waals surface area contributed by atoms with Crippen LogP contribution in [0.25, 0.3) is 0 Å². The fraction of sp³-hybridized carbons (Fsp3) is 0.929. The van der Waals surface area contributed by atoms with Crippen LogP contribution in [0, 0.1) is 101 Å². The van der Waals surface area contributed by atoms with Gasteiger partial charge in [-0.05, 0) is 212 Å². The minimum absolute atomic E-state index is 0.00122. The van der Waals surface area contributed by atoms with Crippen LogP contribution in [0.3, 0.4) is 0 Å². The Morgan fingerprint density at radius 1 is 0.398 bits per heavy atom. The summed E-state index contributed by atoms with van der Waals surface area (Å²) in [6.07, 6.45) is 42.1. The van der Waals surface area contributed by atoms with E-state index in [9.17, 15) is 28.8 Å². The first-order valence-corrected chi connectivity index (χ1v) is 41.2. The van der Waals surface area contributed by atoms with Gasteiger partial charge < -0.3 is 39.9 Å². The lowest BCUT2D eigenvalue weighted by Gasteiger charge is -2.31. The first-order chi connectivity index (χ1) is 46.7. The molecule has 16 atom stereocenters. The van der Waals surface area contributed by atoms with Gasteiger partial charge in [0, 0.05) is 19.3 Å². The van der Waals surface area contributed by atoms with Gasteiger partial charge in [0.1, 0.15) is 18.3 Å². The topological polar surface area (TPSA) is 210 Å². The highest BCUT2D eigenvalue weighted by atomic mass is 16.6. The first kappa shape index (κ1) is 92.8. The molecule has 4 N–H and O–H groups in total. The molecule has 6 rings (SSSR count). The molecule has 0 aromatic heterocycles. The van der Waals surface area contributed by atoms with Crippen LogP contribution in [-0.2, 0) is 57.2 Å². The number of esters is 6. The molecule has 0 saturated heterocycles. The van der Waals surface area contributed by atoms with E-state index >= 15 is 0 Å². The van der Waals surface area contributed by atoms with Crippen molar-refractivity contribution >= 4 is 35.8 Å². The average Bonchev–Trinajstić information content (AvgIpc) is 1.61. The summed E-state index contributed by atoms with van der Waals surface area (Å²) in [5, 5.41) is 0. The maximum atomic E-state index is 11.6. The van der Waals surface area contributed by atoms with Crippen LogP contribution >= 0.6 is 0 Å². The quantitative estimate of drug-likeness (QED) is 0.0331. The fourth-order valence-corrected chi connectivity index (χ4v) is 16.7. The van der Waals surface area contributed by atoms with E-state index in [-0.39, 0.29) is 71.9 Å². The average molecular weight is 1390 g/mol. The smallest absolute Gasteiger partial charge is 0.308 e. The van der Waals surface area contributed by atoms with Crippen LogP contribution in [0.15, 0.2) is 0 Å². The highest BCUT2D eigenvalue weighted by Gasteiger charge is 2.56. The van der Waals surface area contributed by atoms with E-state index < -0.39 is 0 Å². The highest BCUT2D eigenvalue weighted by Crippen LogP contribution is 2.60. The normalized spacial score (nSPS) is 23.9. The zero-order chi connectivity index (χ0) is 73.5. The molecular formula is C84H158N2O12. The van der Waals surface area contributed by atoms with Gasteiger partial charge >= 0.3 is 35.8 Å². The second kappa shape index (κ2) is 55.3. The Morgan fingerprint density at radius 2 is 0.806 bits per heavy atom. The standard InChI is InChI=1S/C20H40O2.C14H29NO2.C14H22O2.C13H20O2.C12H24O2.C11H23NO2/c1-9-20(21)22-19(8)18(7)13-17(6)12-16(5)11-15(4)10-14(2)3;1-13(2)14(16)17-12-10-8-6-4-3-5-7-9-11-15;1-8(2)14(15)16-13-7-9-6-12(13)11-5-3-4-10(9)11;1-2-13(14)15-12-7-8-6-11(12)10-5-3-4-9(8)10;1-5-7-8-11(6-2)9-14-12(13)10(3)4;1-2-11(13)14-10-8-6-4-3-5-7-9-12/h14-19H,9-13H2,1-8H3;13H,3-12,15H2,1-2H3;8-13H,3-7H2,1-2H3;8-12H,2-7H2,1H3;10-11H,5-9H2,1-4H3;2-10,12H2,1H3. The van der Waals surface area contributed by atoms with Crippen molar-refractivity contribution in [2.24, 2.45) is 112 Å². The van der Waals surface area contributed by atoms with E-state index in [1.807, 2.05) is 69.2 Å². The van der Waals surface area contributed by atoms with Crippen molar-refractivity contribution in [2.45, 2.75) is 368 Å². The van der Waals surface area contributed by atoms with E-state index in [0.29, 0.717) is 62.8 Å². The van der Waals surface area contributed by atoms with Gasteiger partial charge in [0.2, 0.25) is 0 Å². The van der Waals surface area contributed by atoms with Crippen molar-refractivity contribution in [1.29, 1.82) is 0 Å². The lowest BCUT2D eigenvalue weighted by atomic mass is 9.80. The number of carbonyl (C=O) groups is 6. The molecule has 14 heteroatoms. The molecule has 0 aromatic carbocycles. The van der Waals surface area contributed by atoms with Gasteiger partial charge in [0.05, 0.1) is 37.6 Å². The summed E-state index contributed by atoms with van der Waals surface area (Å²) in [5.41, 5.74) is 10.8. The van der Waals surface area contributed by atoms with E-state index in [4.69, 9.17) is 39.9 Å². The Balaban J connectivity index is 0.000000592. The lowest BCUT2D eigenvalue weighted by molar-refractivity contribution is -0.157. The zero-order valence-electron chi connectivity index (χ0n) is 66.9. The number of unbranched alkanes of at least 4 members (excludes halogenated alkanes) is 13. The van der Waals surface area contributed by atoms with E-state index in [2.05, 4.69) is 55.4 Å². The van der Waals surface area contributed by atoms with E-state index in [1.165, 1.54) is 148 Å². The molecule has 0 aliphatic heterocycles. The van der Waals surface area contributed by atoms with Crippen LogP contribution in [-0.4, -0.2) is 87.0 Å². The van der Waals surface area contributed by atoms with E-state index in [1.54, 1.807) is 0 Å². The van der Waals surface area contributed by atoms with Crippen molar-refractivity contribution < 1.29 is 57.2 Å². The molecule has 6 aliphatic carbocycles. The zero-order valence-corrected chi connectivity index (χ0v) is 66.9. The summed E-state index contributed by atoms with van der Waals surface area (Å²) in [6.45, 7) is 40.6. The SMILES string of the molecule is CC(C)C(=O)OC1CC2CC1C1CCCC21.CC(C)C(=O)OCCCCCCCCCCN.CCC(=O)OC(C)C(C)CC(C)CC(C)CC(C)CC(C)C.CCC(=O)OC1CC2CC1C1CCCC21.CCC(=O)OCCCCCCCCN.CCCCC(CC)COC(=O)C(C)C. The molecule has 98 heavy (non-hydrogen) atoms. The molecule has 0 heterocycles. The number of carbonyl (C=O) groups excluding carboxylic acids is 6. The van der Waals surface area contributed by atoms with Gasteiger partial charge in [0.15, 0.2) is 0 Å². The van der Waals surface area contributed by atoms with Gasteiger partial charge in [0.25, 0.3) is 0 Å². The largest absolute Gasteiger partial charge is 0.466 e. The van der Waals surface area contributed by atoms with Crippen molar-refractivity contribution in [3.63, 3.8) is 0 Å². The number of nitrogens with two attached hydrogens (primary N) is 2.